The maximum atomic E-state index is 12.3. The van der Waals surface area contributed by atoms with Crippen molar-refractivity contribution in [2.45, 2.75) is 59.8 Å². The third-order valence-electron chi connectivity index (χ3n) is 5.57. The molecule has 22 heavy (non-hydrogen) atoms. The van der Waals surface area contributed by atoms with E-state index in [0.29, 0.717) is 23.8 Å². The van der Waals surface area contributed by atoms with Crippen molar-refractivity contribution in [3.8, 4) is 0 Å². The molecule has 0 amide bonds. The van der Waals surface area contributed by atoms with E-state index in [-0.39, 0.29) is 17.8 Å². The zero-order valence-electron chi connectivity index (χ0n) is 14.5. The van der Waals surface area contributed by atoms with Gasteiger partial charge < -0.3 is 5.11 Å². The maximum absolute atomic E-state index is 12.3. The Bertz CT molecular complexity index is 520. The van der Waals surface area contributed by atoms with E-state index in [0.717, 1.165) is 19.3 Å². The van der Waals surface area contributed by atoms with Gasteiger partial charge in [-0.3, -0.25) is 4.79 Å². The highest BCUT2D eigenvalue weighted by atomic mass is 16.3. The van der Waals surface area contributed by atoms with Crippen LogP contribution in [0.15, 0.2) is 34.9 Å². The fourth-order valence-electron chi connectivity index (χ4n) is 3.65. The molecule has 0 radical (unpaired) electrons. The molecular formula is C20H30O2. The number of Topliss-reactive ketones (excluding diaryl/α,β-unsaturated/α-hetero) is 1. The van der Waals surface area contributed by atoms with E-state index < -0.39 is 0 Å². The van der Waals surface area contributed by atoms with Crippen molar-refractivity contribution in [3.05, 3.63) is 34.9 Å². The molecule has 0 aromatic rings. The molecular weight excluding hydrogens is 272 g/mol. The monoisotopic (exact) mass is 302 g/mol. The minimum absolute atomic E-state index is 0.0760. The van der Waals surface area contributed by atoms with Gasteiger partial charge in [0.2, 0.25) is 0 Å². The number of aliphatic hydroxyl groups excluding tert-OH is 1. The third kappa shape index (κ3) is 3.98. The summed E-state index contributed by atoms with van der Waals surface area (Å²) >= 11 is 0. The van der Waals surface area contributed by atoms with Gasteiger partial charge in [-0.2, -0.15) is 0 Å². The van der Waals surface area contributed by atoms with Gasteiger partial charge in [0.15, 0.2) is 5.78 Å². The number of rotatable bonds is 1. The van der Waals surface area contributed by atoms with E-state index in [9.17, 15) is 9.90 Å². The number of aliphatic hydroxyl groups is 1. The predicted molar refractivity (Wildman–Crippen MR) is 91.5 cm³/mol. The van der Waals surface area contributed by atoms with Gasteiger partial charge in [-0.25, -0.2) is 0 Å². The first-order chi connectivity index (χ1) is 10.4. The van der Waals surface area contributed by atoms with Gasteiger partial charge in [-0.1, -0.05) is 43.2 Å². The van der Waals surface area contributed by atoms with Crippen molar-refractivity contribution in [3.63, 3.8) is 0 Å². The van der Waals surface area contributed by atoms with Crippen LogP contribution < -0.4 is 0 Å². The highest BCUT2D eigenvalue weighted by Crippen LogP contribution is 2.61. The molecule has 0 aromatic heterocycles. The first-order valence-corrected chi connectivity index (χ1v) is 8.52. The molecule has 122 valence electrons. The van der Waals surface area contributed by atoms with Crippen LogP contribution in [0.25, 0.3) is 0 Å². The zero-order chi connectivity index (χ0) is 16.3. The van der Waals surface area contributed by atoms with Crippen LogP contribution in [0, 0.1) is 17.3 Å². The van der Waals surface area contributed by atoms with Crippen LogP contribution in [0.3, 0.4) is 0 Å². The summed E-state index contributed by atoms with van der Waals surface area (Å²) in [6.45, 7) is 8.74. The van der Waals surface area contributed by atoms with Gasteiger partial charge in [0.1, 0.15) is 0 Å². The molecule has 2 aliphatic rings. The van der Waals surface area contributed by atoms with Crippen LogP contribution >= 0.6 is 0 Å². The molecule has 0 aliphatic heterocycles. The molecule has 2 unspecified atom stereocenters. The fourth-order valence-corrected chi connectivity index (χ4v) is 3.65. The van der Waals surface area contributed by atoms with Gasteiger partial charge in [-0.05, 0) is 56.8 Å². The van der Waals surface area contributed by atoms with Gasteiger partial charge in [0, 0.05) is 12.0 Å². The molecule has 0 bridgehead atoms. The molecule has 2 atom stereocenters. The third-order valence-corrected chi connectivity index (χ3v) is 5.57. The topological polar surface area (TPSA) is 37.3 Å². The number of fused-ring (bicyclic) bond motifs is 1. The first kappa shape index (κ1) is 17.2. The van der Waals surface area contributed by atoms with E-state index in [4.69, 9.17) is 0 Å². The van der Waals surface area contributed by atoms with E-state index in [1.165, 1.54) is 17.6 Å². The van der Waals surface area contributed by atoms with Crippen LogP contribution in [-0.2, 0) is 4.79 Å². The number of allylic oxidation sites excluding steroid dienone is 5. The molecule has 1 N–H and O–H groups in total. The zero-order valence-corrected chi connectivity index (χ0v) is 14.5. The van der Waals surface area contributed by atoms with Crippen molar-refractivity contribution >= 4 is 5.78 Å². The van der Waals surface area contributed by atoms with Gasteiger partial charge >= 0.3 is 0 Å². The molecule has 0 aromatic carbocycles. The summed E-state index contributed by atoms with van der Waals surface area (Å²) in [6, 6.07) is 0. The number of carbonyl (C=O) groups is 1. The minimum atomic E-state index is -0.135. The Morgan fingerprint density at radius 2 is 1.86 bits per heavy atom. The number of hydrogen-bond donors (Lipinski definition) is 1. The molecule has 2 rings (SSSR count). The number of ketones is 1. The highest BCUT2D eigenvalue weighted by molar-refractivity contribution is 5.96. The Balaban J connectivity index is 2.22. The Labute approximate surface area is 135 Å². The van der Waals surface area contributed by atoms with Crippen molar-refractivity contribution in [2.75, 3.05) is 6.61 Å². The van der Waals surface area contributed by atoms with Crippen LogP contribution in [-0.4, -0.2) is 17.5 Å². The van der Waals surface area contributed by atoms with Crippen LogP contribution in [0.2, 0.25) is 0 Å². The summed E-state index contributed by atoms with van der Waals surface area (Å²) in [5.41, 5.74) is 3.60. The average molecular weight is 302 g/mol. The molecule has 2 nitrogen and oxygen atoms in total. The second-order valence-electron chi connectivity index (χ2n) is 7.61. The second-order valence-corrected chi connectivity index (χ2v) is 7.61. The smallest absolute Gasteiger partial charge is 0.164 e. The summed E-state index contributed by atoms with van der Waals surface area (Å²) in [6.07, 6.45) is 11.2. The summed E-state index contributed by atoms with van der Waals surface area (Å²) in [5.74, 6) is 1.14. The normalized spacial score (nSPS) is 29.7. The van der Waals surface area contributed by atoms with Crippen molar-refractivity contribution in [1.29, 1.82) is 0 Å². The Morgan fingerprint density at radius 1 is 1.18 bits per heavy atom. The largest absolute Gasteiger partial charge is 0.392 e. The minimum Gasteiger partial charge on any atom is -0.392 e. The standard InChI is InChI=1S/C20H30O2/c1-14-6-5-7-15(2)9-11-19(22)16(13-21)12-18-17(10-8-14)20(18,3)4/h6,9,12,17-18,21H,5,7-8,10-11,13H2,1-4H3. The fraction of sp³-hybridized carbons (Fsp3) is 0.650. The van der Waals surface area contributed by atoms with E-state index in [1.807, 2.05) is 6.08 Å². The van der Waals surface area contributed by atoms with E-state index >= 15 is 0 Å². The summed E-state index contributed by atoms with van der Waals surface area (Å²) in [7, 11) is 0. The highest BCUT2D eigenvalue weighted by Gasteiger charge is 2.55. The molecule has 1 fully saturated rings. The lowest BCUT2D eigenvalue weighted by atomic mass is 10.0. The lowest BCUT2D eigenvalue weighted by Crippen LogP contribution is -2.07. The molecule has 2 heteroatoms. The van der Waals surface area contributed by atoms with Crippen molar-refractivity contribution in [2.24, 2.45) is 17.3 Å². The molecule has 1 saturated carbocycles. The molecule has 0 saturated heterocycles. The quantitative estimate of drug-likeness (QED) is 0.719. The lowest BCUT2D eigenvalue weighted by Gasteiger charge is -2.05. The maximum Gasteiger partial charge on any atom is 0.164 e. The van der Waals surface area contributed by atoms with E-state index in [2.05, 4.69) is 39.8 Å². The Kier molecular flexibility index (Phi) is 5.44. The SMILES string of the molecule is CC1=CCC(=O)C(CO)=CC2C(CCC(C)=CCC1)C2(C)C. The van der Waals surface area contributed by atoms with Crippen LogP contribution in [0.4, 0.5) is 0 Å². The number of hydrogen-bond acceptors (Lipinski definition) is 2. The Hall–Kier alpha value is -1.15. The number of carbonyl (C=O) groups excluding carboxylic acids is 1. The van der Waals surface area contributed by atoms with E-state index in [1.54, 1.807) is 0 Å². The van der Waals surface area contributed by atoms with Gasteiger partial charge in [-0.15, -0.1) is 0 Å². The van der Waals surface area contributed by atoms with Gasteiger partial charge in [0.05, 0.1) is 6.61 Å². The second kappa shape index (κ2) is 6.95. The first-order valence-electron chi connectivity index (χ1n) is 8.52. The Morgan fingerprint density at radius 3 is 2.55 bits per heavy atom. The van der Waals surface area contributed by atoms with Gasteiger partial charge in [0.25, 0.3) is 0 Å². The van der Waals surface area contributed by atoms with Crippen molar-refractivity contribution < 1.29 is 9.90 Å². The predicted octanol–water partition coefficient (Wildman–Crippen LogP) is 4.60. The van der Waals surface area contributed by atoms with Crippen LogP contribution in [0.5, 0.6) is 0 Å². The van der Waals surface area contributed by atoms with Crippen LogP contribution in [0.1, 0.15) is 59.8 Å². The summed E-state index contributed by atoms with van der Waals surface area (Å²) < 4.78 is 0. The summed E-state index contributed by atoms with van der Waals surface area (Å²) in [4.78, 5) is 12.3. The molecule has 0 heterocycles. The van der Waals surface area contributed by atoms with Crippen molar-refractivity contribution in [1.82, 2.24) is 0 Å². The summed E-state index contributed by atoms with van der Waals surface area (Å²) in [5, 5.41) is 9.56. The lowest BCUT2D eigenvalue weighted by molar-refractivity contribution is -0.115. The molecule has 2 aliphatic carbocycles. The molecule has 0 spiro atoms. The average Bonchev–Trinajstić information content (AvgIpc) is 2.99.